The van der Waals surface area contributed by atoms with E-state index in [-0.39, 0.29) is 35.7 Å². The van der Waals surface area contributed by atoms with Crippen molar-refractivity contribution in [2.24, 2.45) is 11.8 Å². The number of carbonyl (C=O) groups excluding carboxylic acids is 4. The molecule has 15 nitrogen and oxygen atoms in total. The van der Waals surface area contributed by atoms with Gasteiger partial charge in [-0.05, 0) is 111 Å². The van der Waals surface area contributed by atoms with E-state index < -0.39 is 29.8 Å². The molecule has 3 aliphatic heterocycles. The van der Waals surface area contributed by atoms with Crippen molar-refractivity contribution in [3.8, 4) is 23.1 Å². The lowest BCUT2D eigenvalue weighted by Gasteiger charge is -2.45. The van der Waals surface area contributed by atoms with E-state index in [1.165, 1.54) is 14.2 Å². The maximum absolute atomic E-state index is 14.7. The van der Waals surface area contributed by atoms with Crippen LogP contribution in [0.1, 0.15) is 92.3 Å². The Bertz CT molecular complexity index is 2900. The summed E-state index contributed by atoms with van der Waals surface area (Å²) in [6, 6.07) is 25.6. The number of ether oxygens (including phenoxy) is 3. The van der Waals surface area contributed by atoms with Crippen LogP contribution in [0.2, 0.25) is 0 Å². The maximum Gasteiger partial charge on any atom is 0.407 e. The minimum Gasteiger partial charge on any atom is -0.453 e. The van der Waals surface area contributed by atoms with E-state index in [9.17, 15) is 19.2 Å². The van der Waals surface area contributed by atoms with Crippen LogP contribution in [-0.2, 0) is 29.3 Å². The summed E-state index contributed by atoms with van der Waals surface area (Å²) in [5.74, 6) is 7.98. The maximum atomic E-state index is 14.7. The summed E-state index contributed by atoms with van der Waals surface area (Å²) in [7, 11) is 2.60. The first-order valence-corrected chi connectivity index (χ1v) is 23.2. The number of aromatic amines is 2. The molecule has 3 saturated heterocycles. The lowest BCUT2D eigenvalue weighted by Crippen LogP contribution is -2.60. The fourth-order valence-corrected chi connectivity index (χ4v) is 11.0. The van der Waals surface area contributed by atoms with E-state index in [1.54, 1.807) is 11.1 Å². The average molecular weight is 903 g/mol. The number of aromatic nitrogens is 4. The first-order chi connectivity index (χ1) is 32.6. The first kappa shape index (κ1) is 43.7. The molecule has 0 unspecified atom stereocenters. The highest BCUT2D eigenvalue weighted by atomic mass is 16.5. The number of nitrogens with one attached hydrogen (secondary N) is 4. The summed E-state index contributed by atoms with van der Waals surface area (Å²) in [5.41, 5.74) is 5.22. The number of likely N-dealkylation sites (tertiary alicyclic amines) is 2. The Morgan fingerprint density at radius 1 is 0.836 bits per heavy atom. The molecule has 1 saturated carbocycles. The summed E-state index contributed by atoms with van der Waals surface area (Å²) in [5, 5.41) is 7.61. The molecule has 10 rings (SSSR count). The molecule has 0 spiro atoms. The lowest BCUT2D eigenvalue weighted by atomic mass is 9.82. The zero-order chi connectivity index (χ0) is 46.2. The van der Waals surface area contributed by atoms with E-state index in [0.717, 1.165) is 82.1 Å². The molecule has 67 heavy (non-hydrogen) atoms. The summed E-state index contributed by atoms with van der Waals surface area (Å²) in [6.45, 7) is 3.78. The monoisotopic (exact) mass is 902 g/mol. The second kappa shape index (κ2) is 18.2. The van der Waals surface area contributed by atoms with Crippen LogP contribution in [0, 0.1) is 23.7 Å². The Balaban J connectivity index is 0.847. The Hall–Kier alpha value is -7.18. The third kappa shape index (κ3) is 8.24. The van der Waals surface area contributed by atoms with Gasteiger partial charge in [-0.15, -0.1) is 0 Å². The number of fused-ring (bicyclic) bond motifs is 5. The van der Waals surface area contributed by atoms with Crippen molar-refractivity contribution in [2.45, 2.75) is 81.6 Å². The van der Waals surface area contributed by atoms with Crippen LogP contribution in [0.25, 0.3) is 33.1 Å². The summed E-state index contributed by atoms with van der Waals surface area (Å²) < 4.78 is 15.4. The highest BCUT2D eigenvalue weighted by Crippen LogP contribution is 2.54. The van der Waals surface area contributed by atoms with Gasteiger partial charge < -0.3 is 44.6 Å². The van der Waals surface area contributed by atoms with Crippen molar-refractivity contribution in [3.63, 3.8) is 0 Å². The Kier molecular flexibility index (Phi) is 11.9. The normalized spacial score (nSPS) is 22.3. The van der Waals surface area contributed by atoms with E-state index in [1.807, 2.05) is 71.6 Å². The van der Waals surface area contributed by atoms with Gasteiger partial charge in [0.1, 0.15) is 29.3 Å². The van der Waals surface area contributed by atoms with Crippen molar-refractivity contribution >= 4 is 45.8 Å². The number of hydrogen-bond donors (Lipinski definition) is 4. The van der Waals surface area contributed by atoms with Crippen molar-refractivity contribution < 1.29 is 33.4 Å². The van der Waals surface area contributed by atoms with E-state index in [2.05, 4.69) is 57.6 Å². The second-order valence-corrected chi connectivity index (χ2v) is 18.2. The molecule has 4 N–H and O–H groups in total. The molecule has 344 valence electrons. The smallest absolute Gasteiger partial charge is 0.407 e. The van der Waals surface area contributed by atoms with Crippen molar-refractivity contribution in [1.29, 1.82) is 0 Å². The number of benzene rings is 4. The zero-order valence-electron chi connectivity index (χ0n) is 37.8. The third-order valence-corrected chi connectivity index (χ3v) is 14.5. The van der Waals surface area contributed by atoms with Crippen LogP contribution < -0.4 is 10.6 Å². The molecule has 4 amide bonds. The topological polar surface area (TPSA) is 184 Å². The van der Waals surface area contributed by atoms with Gasteiger partial charge in [0.05, 0.1) is 43.2 Å². The molecule has 4 aromatic carbocycles. The van der Waals surface area contributed by atoms with Crippen molar-refractivity contribution in [1.82, 2.24) is 40.4 Å². The van der Waals surface area contributed by atoms with Crippen molar-refractivity contribution in [2.75, 3.05) is 34.0 Å². The number of carbonyl (C=O) groups is 4. The molecular formula is C52H54N8O7. The van der Waals surface area contributed by atoms with Gasteiger partial charge >= 0.3 is 12.2 Å². The minimum atomic E-state index is -0.888. The Labute approximate surface area is 388 Å². The highest BCUT2D eigenvalue weighted by Gasteiger charge is 2.59. The number of imidazole rings is 2. The predicted molar refractivity (Wildman–Crippen MR) is 250 cm³/mol. The van der Waals surface area contributed by atoms with Gasteiger partial charge in [-0.25, -0.2) is 19.6 Å². The largest absolute Gasteiger partial charge is 0.453 e. The molecule has 4 fully saturated rings. The fraction of sp³-hybridized carbons (Fsp3) is 0.385. The molecule has 4 aliphatic rings. The van der Waals surface area contributed by atoms with Crippen LogP contribution in [0.5, 0.6) is 0 Å². The standard InChI is InChI=1S/C52H54N8O7/c1-52(37-19-20-38(29-37)60(52)48(62)44(58-51(64)66-3)35-23-26-67-27-24-35)49-55-40-22-18-36-28-32(15-21-39(36)45(40)56-49)12-11-31-13-16-33(17-14-31)41-30-53-46(54-41)42-10-7-25-59(42)47(61)43(57-50(63)65-2)34-8-5-4-6-9-34/h4-6,8-9,13-18,21-22,28,30,35,37-38,42-44H,7,10,19-20,23-27,29H2,1-3H3,(H,53,54)(H,55,56)(H,57,63)(H,58,64)/t37-,38+,42-,43+,44-,52-/m0/s1. The SMILES string of the molecule is COC(=O)N[C@H](C(=O)N1[C@@H]2CC[C@@H](C2)[C@@]1(C)c1nc2c(ccc3cc(C#Cc4ccc(-c5cnc([C@@H]6CCCN6C(=O)[C@H](NC(=O)OC)c6ccccc6)[nH]5)cc4)ccc32)[nH]1)C1CCOCC1. The van der Waals surface area contributed by atoms with Gasteiger partial charge in [0, 0.05) is 42.3 Å². The molecule has 2 bridgehead atoms. The first-order valence-electron chi connectivity index (χ1n) is 23.2. The van der Waals surface area contributed by atoms with Crippen LogP contribution in [0.4, 0.5) is 9.59 Å². The minimum absolute atomic E-state index is 0.0501. The molecule has 5 heterocycles. The third-order valence-electron chi connectivity index (χ3n) is 14.5. The number of nitrogens with zero attached hydrogens (tertiary/aromatic N) is 4. The molecule has 6 aromatic rings. The molecular weight excluding hydrogens is 849 g/mol. The number of amides is 4. The number of rotatable bonds is 9. The van der Waals surface area contributed by atoms with Crippen LogP contribution in [-0.4, -0.2) is 99.8 Å². The van der Waals surface area contributed by atoms with E-state index in [0.29, 0.717) is 44.0 Å². The molecule has 6 atom stereocenters. The highest BCUT2D eigenvalue weighted by molar-refractivity contribution is 6.04. The predicted octanol–water partition coefficient (Wildman–Crippen LogP) is 7.64. The van der Waals surface area contributed by atoms with E-state index >= 15 is 0 Å². The molecule has 15 heteroatoms. The van der Waals surface area contributed by atoms with Gasteiger partial charge in [-0.2, -0.15) is 0 Å². The van der Waals surface area contributed by atoms with E-state index in [4.69, 9.17) is 24.2 Å². The zero-order valence-corrected chi connectivity index (χ0v) is 37.8. The van der Waals surface area contributed by atoms with Gasteiger partial charge in [-0.1, -0.05) is 66.4 Å². The van der Waals surface area contributed by atoms with Gasteiger partial charge in [0.15, 0.2) is 0 Å². The fourth-order valence-electron chi connectivity index (χ4n) is 11.0. The quantitative estimate of drug-likeness (QED) is 0.106. The van der Waals surface area contributed by atoms with Crippen molar-refractivity contribution in [3.05, 3.63) is 119 Å². The van der Waals surface area contributed by atoms with Crippen LogP contribution in [0.3, 0.4) is 0 Å². The lowest BCUT2D eigenvalue weighted by molar-refractivity contribution is -0.145. The summed E-state index contributed by atoms with van der Waals surface area (Å²) in [6.07, 6.45) is 6.25. The Morgan fingerprint density at radius 2 is 1.58 bits per heavy atom. The number of piperidine rings is 1. The van der Waals surface area contributed by atoms with Gasteiger partial charge in [0.25, 0.3) is 5.91 Å². The number of hydrogen-bond acceptors (Lipinski definition) is 9. The summed E-state index contributed by atoms with van der Waals surface area (Å²) >= 11 is 0. The number of methoxy groups -OCH3 is 2. The van der Waals surface area contributed by atoms with Gasteiger partial charge in [-0.3, -0.25) is 9.59 Å². The van der Waals surface area contributed by atoms with Gasteiger partial charge in [0.2, 0.25) is 5.91 Å². The number of H-pyrrole nitrogens is 2. The Morgan fingerprint density at radius 3 is 2.36 bits per heavy atom. The number of alkyl carbamates (subject to hydrolysis) is 2. The van der Waals surface area contributed by atoms with Crippen LogP contribution >= 0.6 is 0 Å². The summed E-state index contributed by atoms with van der Waals surface area (Å²) in [4.78, 5) is 74.3. The second-order valence-electron chi connectivity index (χ2n) is 18.2. The molecule has 2 aromatic heterocycles. The van der Waals surface area contributed by atoms with Crippen LogP contribution in [0.15, 0.2) is 91.1 Å². The average Bonchev–Trinajstić information content (AvgIpc) is 4.24. The molecule has 0 radical (unpaired) electrons. The molecule has 1 aliphatic carbocycles.